The van der Waals surface area contributed by atoms with E-state index in [-0.39, 0.29) is 0 Å². The summed E-state index contributed by atoms with van der Waals surface area (Å²) in [4.78, 5) is 3.34. The van der Waals surface area contributed by atoms with Gasteiger partial charge in [-0.25, -0.2) is 4.57 Å². The van der Waals surface area contributed by atoms with E-state index in [2.05, 4.69) is 76.6 Å². The van der Waals surface area contributed by atoms with Crippen molar-refractivity contribution < 1.29 is 9.30 Å². The molecule has 0 amide bonds. The van der Waals surface area contributed by atoms with Crippen molar-refractivity contribution >= 4 is 27.6 Å². The Morgan fingerprint density at radius 1 is 1.08 bits per heavy atom. The quantitative estimate of drug-likeness (QED) is 0.546. The molecule has 25 heavy (non-hydrogen) atoms. The van der Waals surface area contributed by atoms with Gasteiger partial charge in [0, 0.05) is 35.0 Å². The summed E-state index contributed by atoms with van der Waals surface area (Å²) in [6, 6.07) is 18.9. The van der Waals surface area contributed by atoms with Gasteiger partial charge >= 0.3 is 0 Å². The summed E-state index contributed by atoms with van der Waals surface area (Å²) in [6.45, 7) is 0.871. The zero-order valence-electron chi connectivity index (χ0n) is 14.5. The van der Waals surface area contributed by atoms with Gasteiger partial charge in [-0.3, -0.25) is 5.32 Å². The van der Waals surface area contributed by atoms with Crippen molar-refractivity contribution in [3.63, 3.8) is 0 Å². The maximum absolute atomic E-state index is 5.34. The summed E-state index contributed by atoms with van der Waals surface area (Å²) >= 11 is 0. The molecule has 0 aliphatic carbocycles. The molecule has 4 heteroatoms. The molecule has 0 bridgehead atoms. The molecule has 0 atom stereocenters. The molecule has 2 N–H and O–H groups in total. The molecule has 0 saturated carbocycles. The Kier molecular flexibility index (Phi) is 4.02. The normalized spacial score (nSPS) is 11.1. The van der Waals surface area contributed by atoms with Crippen LogP contribution in [0.1, 0.15) is 5.56 Å². The van der Waals surface area contributed by atoms with E-state index in [0.29, 0.717) is 0 Å². The summed E-state index contributed by atoms with van der Waals surface area (Å²) in [5.74, 6) is 2.01. The first-order valence-corrected chi connectivity index (χ1v) is 8.52. The number of pyridine rings is 1. The highest BCUT2D eigenvalue weighted by atomic mass is 16.5. The predicted molar refractivity (Wildman–Crippen MR) is 102 cm³/mol. The summed E-state index contributed by atoms with van der Waals surface area (Å²) in [5.41, 5.74) is 3.67. The second kappa shape index (κ2) is 6.48. The van der Waals surface area contributed by atoms with Gasteiger partial charge in [0.15, 0.2) is 0 Å². The number of hydrogen-bond acceptors (Lipinski definition) is 2. The maximum Gasteiger partial charge on any atom is 0.274 e. The van der Waals surface area contributed by atoms with Gasteiger partial charge in [-0.2, -0.15) is 0 Å². The van der Waals surface area contributed by atoms with Crippen molar-refractivity contribution in [2.24, 2.45) is 7.05 Å². The third-order valence-electron chi connectivity index (χ3n) is 4.76. The molecular formula is C21H22N3O+. The zero-order chi connectivity index (χ0) is 17.2. The molecular weight excluding hydrogens is 310 g/mol. The second-order valence-electron chi connectivity index (χ2n) is 6.24. The van der Waals surface area contributed by atoms with E-state index in [1.165, 1.54) is 21.9 Å². The first kappa shape index (κ1) is 15.5. The fourth-order valence-corrected chi connectivity index (χ4v) is 3.34. The molecule has 4 aromatic rings. The van der Waals surface area contributed by atoms with E-state index >= 15 is 0 Å². The number of H-pyrrole nitrogens is 1. The molecule has 0 aliphatic rings. The standard InChI is InChI=1S/C21H21N3O/c1-24-20-6-4-3-5-15(20)7-10-21(24)22-12-11-16-14-23-19-9-8-17(25-2)13-18(16)19/h3-10,13-14,23H,11-12H2,1-2H3/p+1. The van der Waals surface area contributed by atoms with Gasteiger partial charge < -0.3 is 9.72 Å². The number of aryl methyl sites for hydroxylation is 1. The molecule has 0 aliphatic heterocycles. The number of ether oxygens (including phenoxy) is 1. The highest BCUT2D eigenvalue weighted by Gasteiger charge is 2.10. The van der Waals surface area contributed by atoms with E-state index in [1.807, 2.05) is 6.07 Å². The van der Waals surface area contributed by atoms with Gasteiger partial charge in [0.05, 0.1) is 20.7 Å². The van der Waals surface area contributed by atoms with Crippen molar-refractivity contribution in [1.82, 2.24) is 4.98 Å². The lowest BCUT2D eigenvalue weighted by Gasteiger charge is -2.06. The summed E-state index contributed by atoms with van der Waals surface area (Å²) in [5, 5.41) is 6.03. The second-order valence-corrected chi connectivity index (χ2v) is 6.24. The van der Waals surface area contributed by atoms with E-state index < -0.39 is 0 Å². The average molecular weight is 332 g/mol. The minimum Gasteiger partial charge on any atom is -0.497 e. The average Bonchev–Trinajstić information content (AvgIpc) is 3.06. The zero-order valence-corrected chi connectivity index (χ0v) is 14.5. The first-order chi connectivity index (χ1) is 12.3. The van der Waals surface area contributed by atoms with E-state index in [0.717, 1.165) is 30.0 Å². The third kappa shape index (κ3) is 2.91. The van der Waals surface area contributed by atoms with Crippen LogP contribution in [0.4, 0.5) is 5.82 Å². The molecule has 0 fully saturated rings. The van der Waals surface area contributed by atoms with Crippen LogP contribution in [0.3, 0.4) is 0 Å². The van der Waals surface area contributed by atoms with Crippen LogP contribution in [0, 0.1) is 0 Å². The number of aromatic nitrogens is 2. The topological polar surface area (TPSA) is 40.9 Å². The Balaban J connectivity index is 1.52. The van der Waals surface area contributed by atoms with Gasteiger partial charge in [-0.05, 0) is 35.9 Å². The van der Waals surface area contributed by atoms with Crippen LogP contribution in [0.2, 0.25) is 0 Å². The molecule has 126 valence electrons. The monoisotopic (exact) mass is 332 g/mol. The maximum atomic E-state index is 5.34. The smallest absolute Gasteiger partial charge is 0.274 e. The number of methoxy groups -OCH3 is 1. The van der Waals surface area contributed by atoms with E-state index in [9.17, 15) is 0 Å². The van der Waals surface area contributed by atoms with Crippen molar-refractivity contribution in [1.29, 1.82) is 0 Å². The highest BCUT2D eigenvalue weighted by molar-refractivity contribution is 5.84. The minimum absolute atomic E-state index is 0.871. The summed E-state index contributed by atoms with van der Waals surface area (Å²) in [7, 11) is 3.80. The molecule has 0 unspecified atom stereocenters. The lowest BCUT2D eigenvalue weighted by Crippen LogP contribution is -2.33. The summed E-state index contributed by atoms with van der Waals surface area (Å²) in [6.07, 6.45) is 3.03. The molecule has 4 rings (SSSR count). The molecule has 2 aromatic heterocycles. The van der Waals surface area contributed by atoms with Crippen LogP contribution in [-0.2, 0) is 13.5 Å². The number of para-hydroxylation sites is 1. The predicted octanol–water partition coefficient (Wildman–Crippen LogP) is 3.81. The van der Waals surface area contributed by atoms with Crippen LogP contribution >= 0.6 is 0 Å². The molecule has 2 heterocycles. The number of nitrogens with one attached hydrogen (secondary N) is 2. The Labute approximate surface area is 147 Å². The number of nitrogens with zero attached hydrogens (tertiary/aromatic N) is 1. The SMILES string of the molecule is COc1ccc2[nH]cc(CCNc3ccc4ccccc4[n+]3C)c2c1. The number of rotatable bonds is 5. The molecule has 0 spiro atoms. The van der Waals surface area contributed by atoms with Crippen LogP contribution in [0.15, 0.2) is 60.8 Å². The Hall–Kier alpha value is -3.01. The highest BCUT2D eigenvalue weighted by Crippen LogP contribution is 2.24. The van der Waals surface area contributed by atoms with Gasteiger partial charge in [0.2, 0.25) is 0 Å². The number of aromatic amines is 1. The Morgan fingerprint density at radius 2 is 1.96 bits per heavy atom. The minimum atomic E-state index is 0.871. The van der Waals surface area contributed by atoms with Gasteiger partial charge in [0.1, 0.15) is 11.3 Å². The molecule has 0 radical (unpaired) electrons. The fourth-order valence-electron chi connectivity index (χ4n) is 3.34. The van der Waals surface area contributed by atoms with Crippen molar-refractivity contribution in [2.45, 2.75) is 6.42 Å². The van der Waals surface area contributed by atoms with Crippen molar-refractivity contribution in [2.75, 3.05) is 19.0 Å². The van der Waals surface area contributed by atoms with Gasteiger partial charge in [0.25, 0.3) is 5.82 Å². The van der Waals surface area contributed by atoms with Crippen LogP contribution in [0.5, 0.6) is 5.75 Å². The van der Waals surface area contributed by atoms with Gasteiger partial charge in [-0.1, -0.05) is 18.2 Å². The Bertz CT molecular complexity index is 1040. The Morgan fingerprint density at radius 3 is 2.84 bits per heavy atom. The van der Waals surface area contributed by atoms with Crippen LogP contribution in [-0.4, -0.2) is 18.6 Å². The van der Waals surface area contributed by atoms with Crippen molar-refractivity contribution in [3.05, 3.63) is 66.4 Å². The molecule has 0 saturated heterocycles. The lowest BCUT2D eigenvalue weighted by molar-refractivity contribution is -0.630. The number of anilines is 1. The number of hydrogen-bond donors (Lipinski definition) is 2. The number of benzene rings is 2. The number of fused-ring (bicyclic) bond motifs is 2. The molecule has 4 nitrogen and oxygen atoms in total. The van der Waals surface area contributed by atoms with Gasteiger partial charge in [-0.15, -0.1) is 0 Å². The fraction of sp³-hybridized carbons (Fsp3) is 0.190. The van der Waals surface area contributed by atoms with E-state index in [1.54, 1.807) is 7.11 Å². The van der Waals surface area contributed by atoms with Crippen LogP contribution < -0.4 is 14.6 Å². The summed E-state index contributed by atoms with van der Waals surface area (Å²) < 4.78 is 7.55. The molecule has 2 aromatic carbocycles. The van der Waals surface area contributed by atoms with Crippen molar-refractivity contribution in [3.8, 4) is 5.75 Å². The van der Waals surface area contributed by atoms with E-state index in [4.69, 9.17) is 4.74 Å². The largest absolute Gasteiger partial charge is 0.497 e. The lowest BCUT2D eigenvalue weighted by atomic mass is 10.1. The third-order valence-corrected chi connectivity index (χ3v) is 4.76. The van der Waals surface area contributed by atoms with Crippen LogP contribution in [0.25, 0.3) is 21.8 Å². The first-order valence-electron chi connectivity index (χ1n) is 8.52.